The second kappa shape index (κ2) is 5.68. The van der Waals surface area contributed by atoms with Gasteiger partial charge >= 0.3 is 0 Å². The van der Waals surface area contributed by atoms with E-state index < -0.39 is 6.10 Å². The van der Waals surface area contributed by atoms with E-state index in [-0.39, 0.29) is 5.82 Å². The molecule has 1 aromatic heterocycles. The molecule has 5 nitrogen and oxygen atoms in total. The van der Waals surface area contributed by atoms with E-state index in [0.29, 0.717) is 6.42 Å². The van der Waals surface area contributed by atoms with Crippen LogP contribution in [-0.4, -0.2) is 37.9 Å². The van der Waals surface area contributed by atoms with Gasteiger partial charge in [-0.2, -0.15) is 0 Å². The molecular weight excluding hydrogens is 259 g/mol. The monoisotopic (exact) mass is 276 g/mol. The Kier molecular flexibility index (Phi) is 3.75. The summed E-state index contributed by atoms with van der Waals surface area (Å²) in [7, 11) is 0. The number of hydrogen-bond donors (Lipinski definition) is 1. The Morgan fingerprint density at radius 2 is 2.05 bits per heavy atom. The number of aliphatic hydroxyl groups excluding tert-OH is 1. The molecule has 1 aromatic carbocycles. The van der Waals surface area contributed by atoms with Crippen LogP contribution in [0.5, 0.6) is 0 Å². The van der Waals surface area contributed by atoms with Gasteiger partial charge in [-0.1, -0.05) is 12.1 Å². The molecule has 6 heteroatoms. The summed E-state index contributed by atoms with van der Waals surface area (Å²) in [4.78, 5) is 2.25. The lowest BCUT2D eigenvalue weighted by Crippen LogP contribution is -2.34. The fraction of sp³-hybridized carbons (Fsp3) is 0.429. The summed E-state index contributed by atoms with van der Waals surface area (Å²) in [5, 5.41) is 18.1. The van der Waals surface area contributed by atoms with E-state index in [2.05, 4.69) is 15.1 Å². The van der Waals surface area contributed by atoms with E-state index in [1.807, 2.05) is 4.57 Å². The van der Waals surface area contributed by atoms with Gasteiger partial charge < -0.3 is 9.67 Å². The summed E-state index contributed by atoms with van der Waals surface area (Å²) < 4.78 is 14.9. The van der Waals surface area contributed by atoms with Crippen LogP contribution in [0.4, 0.5) is 4.39 Å². The Bertz CT molecular complexity index is 569. The highest BCUT2D eigenvalue weighted by Crippen LogP contribution is 2.18. The third-order valence-electron chi connectivity index (χ3n) is 3.69. The molecule has 0 amide bonds. The lowest BCUT2D eigenvalue weighted by molar-refractivity contribution is 0.130. The molecule has 2 heterocycles. The van der Waals surface area contributed by atoms with Crippen LogP contribution in [0.3, 0.4) is 0 Å². The van der Waals surface area contributed by atoms with Crippen LogP contribution in [0.1, 0.15) is 23.9 Å². The van der Waals surface area contributed by atoms with Gasteiger partial charge in [0.25, 0.3) is 0 Å². The van der Waals surface area contributed by atoms with Crippen molar-refractivity contribution in [3.8, 4) is 0 Å². The molecule has 1 atom stereocenters. The average Bonchev–Trinajstić information content (AvgIpc) is 2.93. The zero-order chi connectivity index (χ0) is 13.9. The van der Waals surface area contributed by atoms with Crippen molar-refractivity contribution in [2.45, 2.75) is 25.6 Å². The highest BCUT2D eigenvalue weighted by atomic mass is 19.1. The Morgan fingerprint density at radius 3 is 2.85 bits per heavy atom. The number of hydrogen-bond acceptors (Lipinski definition) is 4. The fourth-order valence-electron chi connectivity index (χ4n) is 2.46. The zero-order valence-corrected chi connectivity index (χ0v) is 11.1. The van der Waals surface area contributed by atoms with E-state index in [9.17, 15) is 9.50 Å². The first-order chi connectivity index (χ1) is 9.72. The van der Waals surface area contributed by atoms with Gasteiger partial charge in [-0.05, 0) is 24.1 Å². The van der Waals surface area contributed by atoms with Crippen molar-refractivity contribution in [1.82, 2.24) is 19.7 Å². The molecule has 0 saturated carbocycles. The molecule has 0 fully saturated rings. The van der Waals surface area contributed by atoms with Gasteiger partial charge in [0, 0.05) is 19.6 Å². The molecule has 1 aliphatic rings. The average molecular weight is 276 g/mol. The Morgan fingerprint density at radius 1 is 1.25 bits per heavy atom. The van der Waals surface area contributed by atoms with Crippen LogP contribution >= 0.6 is 0 Å². The molecule has 0 spiro atoms. The van der Waals surface area contributed by atoms with Crippen molar-refractivity contribution >= 4 is 0 Å². The van der Waals surface area contributed by atoms with Crippen molar-refractivity contribution in [1.29, 1.82) is 0 Å². The second-order valence-electron chi connectivity index (χ2n) is 5.07. The molecule has 106 valence electrons. The fourth-order valence-corrected chi connectivity index (χ4v) is 2.46. The maximum atomic E-state index is 12.8. The molecule has 1 unspecified atom stereocenters. The number of halogens is 1. The number of rotatable bonds is 4. The number of fused-ring (bicyclic) bond motifs is 1. The normalized spacial score (nSPS) is 16.9. The Balaban J connectivity index is 1.54. The summed E-state index contributed by atoms with van der Waals surface area (Å²) >= 11 is 0. The quantitative estimate of drug-likeness (QED) is 0.916. The van der Waals surface area contributed by atoms with Gasteiger partial charge in [0.1, 0.15) is 18.0 Å². The minimum atomic E-state index is -0.560. The number of aliphatic hydroxyl groups is 1. The first kappa shape index (κ1) is 13.2. The van der Waals surface area contributed by atoms with E-state index in [0.717, 1.165) is 37.6 Å². The van der Waals surface area contributed by atoms with E-state index in [1.54, 1.807) is 18.5 Å². The van der Waals surface area contributed by atoms with Crippen LogP contribution in [0.2, 0.25) is 0 Å². The molecule has 1 aliphatic heterocycles. The first-order valence-electron chi connectivity index (χ1n) is 6.75. The standard InChI is InChI=1S/C14H17FN4O/c15-12-3-1-11(2-4-12)13(20)5-6-18-7-8-19-10-16-17-14(19)9-18/h1-4,10,13,20H,5-9H2. The van der Waals surface area contributed by atoms with E-state index in [4.69, 9.17) is 0 Å². The molecule has 2 aromatic rings. The van der Waals surface area contributed by atoms with Gasteiger partial charge in [-0.25, -0.2) is 4.39 Å². The molecular formula is C14H17FN4O. The number of nitrogens with zero attached hydrogens (tertiary/aromatic N) is 4. The van der Waals surface area contributed by atoms with Crippen molar-refractivity contribution in [3.63, 3.8) is 0 Å². The summed E-state index contributed by atoms with van der Waals surface area (Å²) in [5.74, 6) is 0.684. The summed E-state index contributed by atoms with van der Waals surface area (Å²) in [6.45, 7) is 3.36. The van der Waals surface area contributed by atoms with Gasteiger partial charge in [0.2, 0.25) is 0 Å². The molecule has 3 rings (SSSR count). The van der Waals surface area contributed by atoms with E-state index >= 15 is 0 Å². The third-order valence-corrected chi connectivity index (χ3v) is 3.69. The molecule has 0 bridgehead atoms. The van der Waals surface area contributed by atoms with Gasteiger partial charge in [-0.15, -0.1) is 10.2 Å². The number of benzene rings is 1. The molecule has 1 N–H and O–H groups in total. The smallest absolute Gasteiger partial charge is 0.147 e. The van der Waals surface area contributed by atoms with Crippen LogP contribution in [0, 0.1) is 5.82 Å². The van der Waals surface area contributed by atoms with Crippen molar-refractivity contribution in [3.05, 3.63) is 47.8 Å². The van der Waals surface area contributed by atoms with Crippen LogP contribution in [-0.2, 0) is 13.1 Å². The van der Waals surface area contributed by atoms with Crippen molar-refractivity contribution in [2.24, 2.45) is 0 Å². The predicted octanol–water partition coefficient (Wildman–Crippen LogP) is 1.36. The Hall–Kier alpha value is -1.79. The van der Waals surface area contributed by atoms with Gasteiger partial charge in [0.15, 0.2) is 0 Å². The second-order valence-corrected chi connectivity index (χ2v) is 5.07. The summed E-state index contributed by atoms with van der Waals surface area (Å²) in [6, 6.07) is 6.02. The van der Waals surface area contributed by atoms with Crippen LogP contribution < -0.4 is 0 Å². The lowest BCUT2D eigenvalue weighted by Gasteiger charge is -2.27. The topological polar surface area (TPSA) is 54.2 Å². The zero-order valence-electron chi connectivity index (χ0n) is 11.1. The minimum absolute atomic E-state index is 0.281. The molecule has 0 saturated heterocycles. The van der Waals surface area contributed by atoms with Crippen molar-refractivity contribution < 1.29 is 9.50 Å². The largest absolute Gasteiger partial charge is 0.388 e. The minimum Gasteiger partial charge on any atom is -0.388 e. The maximum absolute atomic E-state index is 12.8. The lowest BCUT2D eigenvalue weighted by atomic mass is 10.1. The maximum Gasteiger partial charge on any atom is 0.147 e. The van der Waals surface area contributed by atoms with Crippen LogP contribution in [0.15, 0.2) is 30.6 Å². The summed E-state index contributed by atoms with van der Waals surface area (Å²) in [5.41, 5.74) is 0.756. The highest BCUT2D eigenvalue weighted by Gasteiger charge is 2.18. The van der Waals surface area contributed by atoms with Gasteiger partial charge in [0.05, 0.1) is 12.6 Å². The highest BCUT2D eigenvalue weighted by molar-refractivity contribution is 5.18. The molecule has 0 aliphatic carbocycles. The number of aromatic nitrogens is 3. The van der Waals surface area contributed by atoms with Crippen LogP contribution in [0.25, 0.3) is 0 Å². The third kappa shape index (κ3) is 2.86. The Labute approximate surface area is 116 Å². The van der Waals surface area contributed by atoms with Gasteiger partial charge in [-0.3, -0.25) is 4.90 Å². The first-order valence-corrected chi connectivity index (χ1v) is 6.75. The predicted molar refractivity (Wildman–Crippen MR) is 71.3 cm³/mol. The SMILES string of the molecule is OC(CCN1CCn2cnnc2C1)c1ccc(F)cc1. The molecule has 0 radical (unpaired) electrons. The summed E-state index contributed by atoms with van der Waals surface area (Å²) in [6.07, 6.45) is 1.81. The molecule has 20 heavy (non-hydrogen) atoms. The van der Waals surface area contributed by atoms with Crippen molar-refractivity contribution in [2.75, 3.05) is 13.1 Å². The van der Waals surface area contributed by atoms with E-state index in [1.165, 1.54) is 12.1 Å².